The van der Waals surface area contributed by atoms with Crippen molar-refractivity contribution in [2.75, 3.05) is 13.1 Å². The van der Waals surface area contributed by atoms with Crippen LogP contribution >= 0.6 is 0 Å². The number of hydrogen-bond acceptors (Lipinski definition) is 5. The molecular formula is C9H12N2O7. The van der Waals surface area contributed by atoms with Gasteiger partial charge in [-0.3, -0.25) is 19.7 Å². The fourth-order valence-corrected chi connectivity index (χ4v) is 1.64. The molecule has 0 bridgehead atoms. The highest BCUT2D eigenvalue weighted by Gasteiger charge is 2.37. The largest absolute Gasteiger partial charge is 0.481 e. The average molecular weight is 260 g/mol. The van der Waals surface area contributed by atoms with Gasteiger partial charge in [0.25, 0.3) is 0 Å². The van der Waals surface area contributed by atoms with Gasteiger partial charge in [-0.25, -0.2) is 4.79 Å². The van der Waals surface area contributed by atoms with Crippen LogP contribution in [0.4, 0.5) is 0 Å². The molecule has 9 heteroatoms. The molecule has 1 amide bonds. The van der Waals surface area contributed by atoms with E-state index in [9.17, 15) is 19.2 Å². The van der Waals surface area contributed by atoms with E-state index >= 15 is 0 Å². The lowest BCUT2D eigenvalue weighted by Crippen LogP contribution is -2.61. The predicted molar refractivity (Wildman–Crippen MR) is 54.8 cm³/mol. The van der Waals surface area contributed by atoms with Crippen molar-refractivity contribution in [2.24, 2.45) is 0 Å². The molecule has 4 N–H and O–H groups in total. The smallest absolute Gasteiger partial charge is 0.327 e. The number of carbonyl (C=O) groups excluding carboxylic acids is 1. The minimum atomic E-state index is -1.56. The summed E-state index contributed by atoms with van der Waals surface area (Å²) in [5.41, 5.74) is 0. The quantitative estimate of drug-likeness (QED) is 0.436. The molecule has 0 unspecified atom stereocenters. The van der Waals surface area contributed by atoms with Gasteiger partial charge in [-0.05, 0) is 0 Å². The Labute approximate surface area is 101 Å². The molecule has 1 fully saturated rings. The molecule has 1 aliphatic heterocycles. The van der Waals surface area contributed by atoms with Gasteiger partial charge in [0.05, 0.1) is 13.0 Å². The Balaban J connectivity index is 2.87. The first kappa shape index (κ1) is 13.9. The normalized spacial score (nSPS) is 21.4. The molecule has 0 aliphatic carbocycles. The molecule has 1 saturated heterocycles. The Kier molecular flexibility index (Phi) is 4.21. The lowest BCUT2D eigenvalue weighted by atomic mass is 10.1. The maximum Gasteiger partial charge on any atom is 0.327 e. The molecule has 100 valence electrons. The number of amides is 1. The summed E-state index contributed by atoms with van der Waals surface area (Å²) in [4.78, 5) is 44.5. The monoisotopic (exact) mass is 260 g/mol. The number of aliphatic carboxylic acids is 3. The fourth-order valence-electron chi connectivity index (χ4n) is 1.64. The first-order valence-electron chi connectivity index (χ1n) is 5.03. The maximum atomic E-state index is 11.5. The minimum Gasteiger partial charge on any atom is -0.481 e. The van der Waals surface area contributed by atoms with Gasteiger partial charge in [0.15, 0.2) is 0 Å². The molecule has 0 saturated carbocycles. The molecule has 9 nitrogen and oxygen atoms in total. The summed E-state index contributed by atoms with van der Waals surface area (Å²) in [7, 11) is 0. The number of rotatable bonds is 5. The highest BCUT2D eigenvalue weighted by Crippen LogP contribution is 2.10. The van der Waals surface area contributed by atoms with Crippen LogP contribution in [0.2, 0.25) is 0 Å². The van der Waals surface area contributed by atoms with Crippen LogP contribution in [0.3, 0.4) is 0 Å². The molecule has 2 atom stereocenters. The number of carboxylic acid groups (broad SMARTS) is 3. The second kappa shape index (κ2) is 5.45. The Bertz CT molecular complexity index is 394. The lowest BCUT2D eigenvalue weighted by Gasteiger charge is -2.34. The second-order valence-corrected chi connectivity index (χ2v) is 3.77. The van der Waals surface area contributed by atoms with Gasteiger partial charge in [0, 0.05) is 6.54 Å². The van der Waals surface area contributed by atoms with Crippen LogP contribution in [0.15, 0.2) is 0 Å². The van der Waals surface area contributed by atoms with Crippen molar-refractivity contribution < 1.29 is 34.5 Å². The SMILES string of the molecule is O=C(O)C[C@@H](C(=O)O)N1C[C@H](C(=O)O)NCC1=O. The standard InChI is InChI=1S/C9H12N2O7/c12-6-2-10-4(8(15)16)3-11(6)5(9(17)18)1-7(13)14/h4-5,10H,1-3H2,(H,13,14)(H,15,16)(H,17,18)/t4-,5+/m1/s1. The van der Waals surface area contributed by atoms with Gasteiger partial charge >= 0.3 is 17.9 Å². The molecule has 0 aromatic rings. The minimum absolute atomic E-state index is 0.333. The number of piperazine rings is 1. The van der Waals surface area contributed by atoms with E-state index in [1.54, 1.807) is 0 Å². The van der Waals surface area contributed by atoms with Crippen LogP contribution in [0.1, 0.15) is 6.42 Å². The summed E-state index contributed by atoms with van der Waals surface area (Å²) in [5, 5.41) is 28.7. The van der Waals surface area contributed by atoms with Crippen LogP contribution in [-0.2, 0) is 19.2 Å². The van der Waals surface area contributed by atoms with Gasteiger partial charge in [0.2, 0.25) is 5.91 Å². The zero-order valence-corrected chi connectivity index (χ0v) is 9.20. The number of carboxylic acids is 3. The van der Waals surface area contributed by atoms with Crippen molar-refractivity contribution in [2.45, 2.75) is 18.5 Å². The number of carbonyl (C=O) groups is 4. The van der Waals surface area contributed by atoms with E-state index in [2.05, 4.69) is 5.32 Å². The Morgan fingerprint density at radius 1 is 1.33 bits per heavy atom. The van der Waals surface area contributed by atoms with Gasteiger partial charge in [-0.2, -0.15) is 0 Å². The van der Waals surface area contributed by atoms with E-state index in [0.717, 1.165) is 4.90 Å². The van der Waals surface area contributed by atoms with E-state index in [4.69, 9.17) is 15.3 Å². The van der Waals surface area contributed by atoms with Gasteiger partial charge in [-0.15, -0.1) is 0 Å². The van der Waals surface area contributed by atoms with E-state index < -0.39 is 42.3 Å². The third-order valence-corrected chi connectivity index (χ3v) is 2.53. The highest BCUT2D eigenvalue weighted by atomic mass is 16.4. The molecule has 0 spiro atoms. The van der Waals surface area contributed by atoms with E-state index in [1.165, 1.54) is 0 Å². The summed E-state index contributed by atoms with van der Waals surface area (Å²) in [6.07, 6.45) is -0.770. The third kappa shape index (κ3) is 3.17. The van der Waals surface area contributed by atoms with Crippen molar-refractivity contribution >= 4 is 23.8 Å². The molecule has 0 radical (unpaired) electrons. The fraction of sp³-hybridized carbons (Fsp3) is 0.556. The second-order valence-electron chi connectivity index (χ2n) is 3.77. The van der Waals surface area contributed by atoms with Crippen molar-refractivity contribution in [1.82, 2.24) is 10.2 Å². The van der Waals surface area contributed by atoms with Gasteiger partial charge < -0.3 is 20.2 Å². The zero-order valence-electron chi connectivity index (χ0n) is 9.20. The third-order valence-electron chi connectivity index (χ3n) is 2.53. The van der Waals surface area contributed by atoms with Gasteiger partial charge in [0.1, 0.15) is 12.1 Å². The summed E-state index contributed by atoms with van der Waals surface area (Å²) in [5.74, 6) is -4.72. The summed E-state index contributed by atoms with van der Waals surface area (Å²) in [6.45, 7) is -0.710. The van der Waals surface area contributed by atoms with Crippen LogP contribution in [-0.4, -0.2) is 69.2 Å². The molecule has 1 heterocycles. The number of hydrogen-bond donors (Lipinski definition) is 4. The predicted octanol–water partition coefficient (Wildman–Crippen LogP) is -2.20. The van der Waals surface area contributed by atoms with Crippen LogP contribution < -0.4 is 5.32 Å². The first-order valence-corrected chi connectivity index (χ1v) is 5.03. The highest BCUT2D eigenvalue weighted by molar-refractivity contribution is 5.89. The van der Waals surface area contributed by atoms with Crippen molar-refractivity contribution in [3.05, 3.63) is 0 Å². The first-order chi connectivity index (χ1) is 8.32. The van der Waals surface area contributed by atoms with E-state index in [-0.39, 0.29) is 13.1 Å². The number of nitrogens with zero attached hydrogens (tertiary/aromatic N) is 1. The lowest BCUT2D eigenvalue weighted by molar-refractivity contribution is -0.157. The van der Waals surface area contributed by atoms with Crippen molar-refractivity contribution in [1.29, 1.82) is 0 Å². The zero-order chi connectivity index (χ0) is 13.9. The molecule has 0 aromatic heterocycles. The molecule has 1 aliphatic rings. The summed E-state index contributed by atoms with van der Waals surface area (Å²) in [6, 6.07) is -2.66. The van der Waals surface area contributed by atoms with E-state index in [1.807, 2.05) is 0 Å². The molecule has 18 heavy (non-hydrogen) atoms. The summed E-state index contributed by atoms with van der Waals surface area (Å²) < 4.78 is 0. The number of nitrogens with one attached hydrogen (secondary N) is 1. The van der Waals surface area contributed by atoms with Gasteiger partial charge in [-0.1, -0.05) is 0 Å². The van der Waals surface area contributed by atoms with Crippen molar-refractivity contribution in [3.8, 4) is 0 Å². The van der Waals surface area contributed by atoms with Crippen LogP contribution in [0.25, 0.3) is 0 Å². The van der Waals surface area contributed by atoms with Crippen LogP contribution in [0, 0.1) is 0 Å². The molecule has 1 rings (SSSR count). The van der Waals surface area contributed by atoms with Crippen molar-refractivity contribution in [3.63, 3.8) is 0 Å². The molecule has 0 aromatic carbocycles. The molecular weight excluding hydrogens is 248 g/mol. The summed E-state index contributed by atoms with van der Waals surface area (Å²) >= 11 is 0. The topological polar surface area (TPSA) is 144 Å². The Hall–Kier alpha value is -2.16. The van der Waals surface area contributed by atoms with E-state index in [0.29, 0.717) is 0 Å². The Morgan fingerprint density at radius 2 is 1.94 bits per heavy atom. The Morgan fingerprint density at radius 3 is 2.39 bits per heavy atom. The van der Waals surface area contributed by atoms with Crippen LogP contribution in [0.5, 0.6) is 0 Å². The maximum absolute atomic E-state index is 11.5. The average Bonchev–Trinajstić information content (AvgIpc) is 2.26.